The molecule has 1 aliphatic heterocycles. The van der Waals surface area contributed by atoms with Crippen LogP contribution in [0, 0.1) is 23.0 Å². The number of rotatable bonds is 6. The van der Waals surface area contributed by atoms with Gasteiger partial charge in [-0.25, -0.2) is 0 Å². The molecule has 4 aromatic rings. The van der Waals surface area contributed by atoms with Gasteiger partial charge in [-0.2, -0.15) is 4.57 Å². The van der Waals surface area contributed by atoms with Gasteiger partial charge in [0.15, 0.2) is 24.9 Å². The van der Waals surface area contributed by atoms with E-state index in [1.54, 1.807) is 12.1 Å². The molecule has 192 valence electrons. The summed E-state index contributed by atoms with van der Waals surface area (Å²) >= 11 is 0. The highest BCUT2D eigenvalue weighted by Crippen LogP contribution is 2.40. The molecule has 3 aromatic carbocycles. The number of aromatic nitrogens is 1. The monoisotopic (exact) mass is 511 g/mol. The van der Waals surface area contributed by atoms with Crippen molar-refractivity contribution in [1.29, 1.82) is 0 Å². The maximum Gasteiger partial charge on any atom is 0.324 e. The molecule has 8 nitrogen and oxygen atoms in total. The molecule has 8 heteroatoms. The number of benzene rings is 3. The molecule has 0 aliphatic carbocycles. The van der Waals surface area contributed by atoms with Crippen molar-refractivity contribution in [2.45, 2.75) is 39.0 Å². The largest absolute Gasteiger partial charge is 0.422 e. The van der Waals surface area contributed by atoms with E-state index in [1.807, 2.05) is 72.4 Å². The summed E-state index contributed by atoms with van der Waals surface area (Å²) < 4.78 is 13.0. The fourth-order valence-corrected chi connectivity index (χ4v) is 4.94. The molecule has 5 rings (SSSR count). The highest BCUT2D eigenvalue weighted by molar-refractivity contribution is 5.99. The number of fused-ring (bicyclic) bond motifs is 1. The second kappa shape index (κ2) is 9.70. The number of hydrogen-bond donors (Lipinski definition) is 0. The lowest BCUT2D eigenvalue weighted by Gasteiger charge is -2.36. The van der Waals surface area contributed by atoms with E-state index < -0.39 is 34.5 Å². The predicted octanol–water partition coefficient (Wildman–Crippen LogP) is 4.98. The Labute approximate surface area is 219 Å². The summed E-state index contributed by atoms with van der Waals surface area (Å²) in [4.78, 5) is 37.2. The van der Waals surface area contributed by atoms with Crippen molar-refractivity contribution in [2.75, 3.05) is 0 Å². The average molecular weight is 512 g/mol. The van der Waals surface area contributed by atoms with Crippen molar-refractivity contribution in [3.05, 3.63) is 118 Å². The lowest BCUT2D eigenvalue weighted by Crippen LogP contribution is -2.48. The summed E-state index contributed by atoms with van der Waals surface area (Å²) in [5.74, 6) is -4.46. The first-order chi connectivity index (χ1) is 18.1. The van der Waals surface area contributed by atoms with Gasteiger partial charge in [-0.05, 0) is 36.1 Å². The van der Waals surface area contributed by atoms with Gasteiger partial charge in [0.2, 0.25) is 0 Å². The van der Waals surface area contributed by atoms with Crippen LogP contribution in [0.15, 0.2) is 85.2 Å². The number of cyclic esters (lactones) is 2. The quantitative estimate of drug-likeness (QED) is 0.119. The molecule has 0 spiro atoms. The first-order valence-corrected chi connectivity index (χ1v) is 12.3. The van der Waals surface area contributed by atoms with Crippen molar-refractivity contribution in [2.24, 2.45) is 5.92 Å². The maximum absolute atomic E-state index is 13.3. The van der Waals surface area contributed by atoms with Crippen LogP contribution in [0.25, 0.3) is 10.8 Å². The minimum Gasteiger partial charge on any atom is -0.422 e. The molecular weight excluding hydrogens is 484 g/mol. The molecule has 1 aliphatic rings. The molecule has 1 fully saturated rings. The van der Waals surface area contributed by atoms with E-state index >= 15 is 0 Å². The molecule has 1 atom stereocenters. The molecule has 1 unspecified atom stereocenters. The number of esters is 2. The lowest BCUT2D eigenvalue weighted by atomic mass is 9.79. The van der Waals surface area contributed by atoms with Crippen LogP contribution in [-0.4, -0.2) is 22.6 Å². The molecule has 0 radical (unpaired) electrons. The van der Waals surface area contributed by atoms with Crippen molar-refractivity contribution in [3.8, 4) is 0 Å². The standard InChI is InChI=1S/C30H27N2O6/c1-19-8-12-21(13-9-19)26(27-28(33)37-30(2,3)38-29(27)34)25-18-31(17-22-6-4-5-7-24(22)25)16-20-10-14-23(15-11-20)32(35)36/h4-15,17-18,26-27H,16H2,1-3H3/q+1. The third kappa shape index (κ3) is 4.98. The number of nitro groups is 1. The molecule has 0 bridgehead atoms. The first-order valence-electron chi connectivity index (χ1n) is 12.3. The highest BCUT2D eigenvalue weighted by atomic mass is 16.7. The molecule has 1 saturated heterocycles. The Bertz CT molecular complexity index is 1520. The van der Waals surface area contributed by atoms with Crippen LogP contribution in [0.5, 0.6) is 0 Å². The number of hydrogen-bond acceptors (Lipinski definition) is 6. The van der Waals surface area contributed by atoms with Crippen molar-refractivity contribution >= 4 is 28.4 Å². The van der Waals surface area contributed by atoms with Gasteiger partial charge in [0, 0.05) is 48.4 Å². The molecule has 1 aromatic heterocycles. The first kappa shape index (κ1) is 25.1. The van der Waals surface area contributed by atoms with Crippen molar-refractivity contribution in [1.82, 2.24) is 0 Å². The number of carbonyl (C=O) groups is 2. The Hall–Kier alpha value is -4.59. The summed E-state index contributed by atoms with van der Waals surface area (Å²) in [6, 6.07) is 21.9. The maximum atomic E-state index is 13.3. The number of nitrogens with zero attached hydrogens (tertiary/aromatic N) is 2. The summed E-state index contributed by atoms with van der Waals surface area (Å²) in [5.41, 5.74) is 3.50. The molecule has 38 heavy (non-hydrogen) atoms. The average Bonchev–Trinajstić information content (AvgIpc) is 2.86. The second-order valence-electron chi connectivity index (χ2n) is 10.0. The fourth-order valence-electron chi connectivity index (χ4n) is 4.94. The Kier molecular flexibility index (Phi) is 6.40. The number of aryl methyl sites for hydroxylation is 1. The number of nitro benzene ring substituents is 1. The zero-order valence-corrected chi connectivity index (χ0v) is 21.3. The topological polar surface area (TPSA) is 99.6 Å². The van der Waals surface area contributed by atoms with Crippen LogP contribution in [0.3, 0.4) is 0 Å². The van der Waals surface area contributed by atoms with Gasteiger partial charge in [-0.1, -0.05) is 48.0 Å². The number of ether oxygens (including phenoxy) is 2. The molecule has 2 heterocycles. The van der Waals surface area contributed by atoms with E-state index in [1.165, 1.54) is 26.0 Å². The molecule has 0 N–H and O–H groups in total. The van der Waals surface area contributed by atoms with E-state index in [2.05, 4.69) is 0 Å². The van der Waals surface area contributed by atoms with Gasteiger partial charge >= 0.3 is 11.9 Å². The predicted molar refractivity (Wildman–Crippen MR) is 139 cm³/mol. The Balaban J connectivity index is 1.66. The molecular formula is C30H27N2O6+. The normalized spacial score (nSPS) is 16.1. The zero-order valence-electron chi connectivity index (χ0n) is 21.3. The van der Waals surface area contributed by atoms with Gasteiger partial charge in [0.05, 0.1) is 4.92 Å². The third-order valence-corrected chi connectivity index (χ3v) is 6.70. The van der Waals surface area contributed by atoms with E-state index in [0.29, 0.717) is 6.54 Å². The van der Waals surface area contributed by atoms with Crippen LogP contribution in [0.1, 0.15) is 42.0 Å². The minimum atomic E-state index is -1.34. The zero-order chi connectivity index (χ0) is 27.0. The number of non-ortho nitro benzene ring substituents is 1. The molecule has 0 amide bonds. The SMILES string of the molecule is Cc1ccc(C(c2c[n+](Cc3ccc([N+](=O)[O-])cc3)cc3ccccc23)C2C(=O)OC(C)(C)OC2=O)cc1. The Morgan fingerprint density at radius 3 is 2.18 bits per heavy atom. The van der Waals surface area contributed by atoms with Gasteiger partial charge in [-0.3, -0.25) is 19.7 Å². The molecule has 0 saturated carbocycles. The fraction of sp³-hybridized carbons (Fsp3) is 0.233. The van der Waals surface area contributed by atoms with Gasteiger partial charge in [0.1, 0.15) is 0 Å². The number of pyridine rings is 1. The third-order valence-electron chi connectivity index (χ3n) is 6.70. The summed E-state index contributed by atoms with van der Waals surface area (Å²) in [7, 11) is 0. The van der Waals surface area contributed by atoms with Gasteiger partial charge in [0.25, 0.3) is 11.5 Å². The van der Waals surface area contributed by atoms with Crippen molar-refractivity contribution < 1.29 is 28.6 Å². The number of carbonyl (C=O) groups excluding carboxylic acids is 2. The lowest BCUT2D eigenvalue weighted by molar-refractivity contribution is -0.687. The van der Waals surface area contributed by atoms with Gasteiger partial charge in [-0.15, -0.1) is 0 Å². The van der Waals surface area contributed by atoms with Crippen LogP contribution >= 0.6 is 0 Å². The van der Waals surface area contributed by atoms with Crippen LogP contribution in [0.2, 0.25) is 0 Å². The van der Waals surface area contributed by atoms with Crippen LogP contribution in [-0.2, 0) is 25.6 Å². The van der Waals surface area contributed by atoms with E-state index in [4.69, 9.17) is 9.47 Å². The van der Waals surface area contributed by atoms with Crippen molar-refractivity contribution in [3.63, 3.8) is 0 Å². The highest BCUT2D eigenvalue weighted by Gasteiger charge is 2.49. The van der Waals surface area contributed by atoms with E-state index in [0.717, 1.165) is 33.0 Å². The van der Waals surface area contributed by atoms with Crippen LogP contribution in [0.4, 0.5) is 5.69 Å². The smallest absolute Gasteiger partial charge is 0.324 e. The summed E-state index contributed by atoms with van der Waals surface area (Å²) in [6.07, 6.45) is 3.90. The van der Waals surface area contributed by atoms with E-state index in [9.17, 15) is 19.7 Å². The Morgan fingerprint density at radius 1 is 0.921 bits per heavy atom. The second-order valence-corrected chi connectivity index (χ2v) is 10.0. The van der Waals surface area contributed by atoms with Crippen LogP contribution < -0.4 is 4.57 Å². The summed E-state index contributed by atoms with van der Waals surface area (Å²) in [6.45, 7) is 5.48. The van der Waals surface area contributed by atoms with Gasteiger partial charge < -0.3 is 9.47 Å². The Morgan fingerprint density at radius 2 is 1.55 bits per heavy atom. The van der Waals surface area contributed by atoms with E-state index in [-0.39, 0.29) is 5.69 Å². The minimum absolute atomic E-state index is 0.0228. The summed E-state index contributed by atoms with van der Waals surface area (Å²) in [5, 5.41) is 12.9.